The fraction of sp³-hybridized carbons (Fsp3) is 0.267. The Morgan fingerprint density at radius 3 is 2.74 bits per heavy atom. The number of pyridine rings is 1. The third kappa shape index (κ3) is 3.58. The van der Waals surface area contributed by atoms with Crippen molar-refractivity contribution in [1.82, 2.24) is 10.3 Å². The second kappa shape index (κ2) is 6.38. The van der Waals surface area contributed by atoms with Gasteiger partial charge in [0.25, 0.3) is 0 Å². The first-order valence-electron chi connectivity index (χ1n) is 6.28. The summed E-state index contributed by atoms with van der Waals surface area (Å²) in [5.41, 5.74) is 1.49. The lowest BCUT2D eigenvalue weighted by Gasteiger charge is -2.18. The van der Waals surface area contributed by atoms with E-state index in [4.69, 9.17) is 0 Å². The summed E-state index contributed by atoms with van der Waals surface area (Å²) in [5, 5.41) is 3.29. The van der Waals surface area contributed by atoms with Crippen LogP contribution in [0.15, 0.2) is 42.7 Å². The van der Waals surface area contributed by atoms with Crippen molar-refractivity contribution in [3.05, 3.63) is 65.5 Å². The molecule has 4 heteroatoms. The largest absolute Gasteiger partial charge is 0.310 e. The molecule has 2 aromatic rings. The van der Waals surface area contributed by atoms with Crippen molar-refractivity contribution in [3.8, 4) is 0 Å². The number of likely N-dealkylation sites (N-methyl/N-ethyl adjacent to an activating group) is 1. The molecule has 19 heavy (non-hydrogen) atoms. The number of hydrogen-bond donors (Lipinski definition) is 1. The molecular weight excluding hydrogens is 246 g/mol. The van der Waals surface area contributed by atoms with E-state index in [1.807, 2.05) is 19.1 Å². The molecule has 0 fully saturated rings. The van der Waals surface area contributed by atoms with Gasteiger partial charge in [0.1, 0.15) is 11.6 Å². The molecule has 0 spiro atoms. The number of hydrogen-bond acceptors (Lipinski definition) is 2. The average Bonchev–Trinajstić information content (AvgIpc) is 2.42. The molecule has 2 nitrogen and oxygen atoms in total. The molecule has 0 aliphatic rings. The molecule has 1 aromatic heterocycles. The van der Waals surface area contributed by atoms with E-state index in [1.54, 1.807) is 12.4 Å². The molecule has 0 bridgehead atoms. The van der Waals surface area contributed by atoms with Crippen LogP contribution in [0, 0.1) is 11.6 Å². The molecular formula is C15H16F2N2. The highest BCUT2D eigenvalue weighted by Gasteiger charge is 2.14. The van der Waals surface area contributed by atoms with Crippen molar-refractivity contribution < 1.29 is 8.78 Å². The van der Waals surface area contributed by atoms with Crippen LogP contribution in [0.1, 0.15) is 24.1 Å². The van der Waals surface area contributed by atoms with E-state index in [-0.39, 0.29) is 6.04 Å². The van der Waals surface area contributed by atoms with Crippen LogP contribution in [0.25, 0.3) is 0 Å². The van der Waals surface area contributed by atoms with Crippen molar-refractivity contribution in [2.24, 2.45) is 0 Å². The minimum absolute atomic E-state index is 0.0290. The van der Waals surface area contributed by atoms with Gasteiger partial charge in [-0.05, 0) is 36.2 Å². The Morgan fingerprint density at radius 1 is 1.26 bits per heavy atom. The summed E-state index contributed by atoms with van der Waals surface area (Å²) in [5.74, 6) is -1.06. The van der Waals surface area contributed by atoms with E-state index in [0.29, 0.717) is 12.0 Å². The second-order valence-electron chi connectivity index (χ2n) is 4.34. The molecule has 1 unspecified atom stereocenters. The Kier molecular flexibility index (Phi) is 4.58. The van der Waals surface area contributed by atoms with E-state index in [2.05, 4.69) is 10.3 Å². The van der Waals surface area contributed by atoms with E-state index in [9.17, 15) is 8.78 Å². The van der Waals surface area contributed by atoms with Crippen LogP contribution in [0.4, 0.5) is 8.78 Å². The predicted octanol–water partition coefficient (Wildman–Crippen LogP) is 3.25. The normalized spacial score (nSPS) is 12.4. The predicted molar refractivity (Wildman–Crippen MR) is 70.7 cm³/mol. The van der Waals surface area contributed by atoms with Crippen molar-refractivity contribution in [2.45, 2.75) is 19.4 Å². The topological polar surface area (TPSA) is 24.9 Å². The van der Waals surface area contributed by atoms with Crippen molar-refractivity contribution in [2.75, 3.05) is 6.54 Å². The molecule has 0 saturated carbocycles. The molecule has 0 aliphatic carbocycles. The summed E-state index contributed by atoms with van der Waals surface area (Å²) in [4.78, 5) is 4.07. The fourth-order valence-electron chi connectivity index (χ4n) is 2.04. The van der Waals surface area contributed by atoms with E-state index < -0.39 is 11.6 Å². The molecule has 0 aliphatic heterocycles. The van der Waals surface area contributed by atoms with Crippen LogP contribution in [0.5, 0.6) is 0 Å². The Morgan fingerprint density at radius 2 is 2.11 bits per heavy atom. The smallest absolute Gasteiger partial charge is 0.129 e. The number of aromatic nitrogens is 1. The van der Waals surface area contributed by atoms with E-state index in [1.165, 1.54) is 12.1 Å². The molecule has 0 amide bonds. The van der Waals surface area contributed by atoms with Crippen LogP contribution in [0.2, 0.25) is 0 Å². The Bertz CT molecular complexity index is 529. The van der Waals surface area contributed by atoms with Gasteiger partial charge < -0.3 is 5.32 Å². The highest BCUT2D eigenvalue weighted by molar-refractivity contribution is 5.23. The number of benzene rings is 1. The van der Waals surface area contributed by atoms with Crippen LogP contribution in [-0.2, 0) is 6.42 Å². The summed E-state index contributed by atoms with van der Waals surface area (Å²) in [6, 6.07) is 7.46. The third-order valence-electron chi connectivity index (χ3n) is 2.98. The standard InChI is InChI=1S/C15H16F2N2/c1-2-19-15(12-4-3-7-18-10-12)8-11-5-6-13(16)9-14(11)17/h3-7,9-10,15,19H,2,8H2,1H3. The van der Waals surface area contributed by atoms with Gasteiger partial charge in [-0.2, -0.15) is 0 Å². The van der Waals surface area contributed by atoms with Gasteiger partial charge in [0.15, 0.2) is 0 Å². The molecule has 1 heterocycles. The van der Waals surface area contributed by atoms with Gasteiger partial charge in [-0.1, -0.05) is 19.1 Å². The molecule has 1 aromatic carbocycles. The zero-order chi connectivity index (χ0) is 13.7. The molecule has 0 saturated heterocycles. The van der Waals surface area contributed by atoms with Gasteiger partial charge >= 0.3 is 0 Å². The lowest BCUT2D eigenvalue weighted by Crippen LogP contribution is -2.23. The number of halogens is 2. The first kappa shape index (κ1) is 13.6. The van der Waals surface area contributed by atoms with E-state index in [0.717, 1.165) is 18.2 Å². The second-order valence-corrected chi connectivity index (χ2v) is 4.34. The zero-order valence-corrected chi connectivity index (χ0v) is 10.7. The molecule has 1 N–H and O–H groups in total. The zero-order valence-electron chi connectivity index (χ0n) is 10.7. The highest BCUT2D eigenvalue weighted by atomic mass is 19.1. The Hall–Kier alpha value is -1.81. The lowest BCUT2D eigenvalue weighted by atomic mass is 10.00. The van der Waals surface area contributed by atoms with Gasteiger partial charge in [-0.15, -0.1) is 0 Å². The lowest BCUT2D eigenvalue weighted by molar-refractivity contribution is 0.520. The average molecular weight is 262 g/mol. The molecule has 100 valence electrons. The first-order valence-corrected chi connectivity index (χ1v) is 6.28. The monoisotopic (exact) mass is 262 g/mol. The summed E-state index contributed by atoms with van der Waals surface area (Å²) >= 11 is 0. The fourth-order valence-corrected chi connectivity index (χ4v) is 2.04. The molecule has 0 radical (unpaired) electrons. The van der Waals surface area contributed by atoms with E-state index >= 15 is 0 Å². The minimum Gasteiger partial charge on any atom is -0.310 e. The summed E-state index contributed by atoms with van der Waals surface area (Å²) in [6.45, 7) is 2.76. The maximum atomic E-state index is 13.7. The SMILES string of the molecule is CCNC(Cc1ccc(F)cc1F)c1cccnc1. The minimum atomic E-state index is -0.553. The van der Waals surface area contributed by atoms with Gasteiger partial charge in [0.2, 0.25) is 0 Å². The van der Waals surface area contributed by atoms with Gasteiger partial charge in [0.05, 0.1) is 0 Å². The quantitative estimate of drug-likeness (QED) is 0.894. The maximum absolute atomic E-state index is 13.7. The summed E-state index contributed by atoms with van der Waals surface area (Å²) in [7, 11) is 0. The first-order chi connectivity index (χ1) is 9.20. The highest BCUT2D eigenvalue weighted by Crippen LogP contribution is 2.20. The van der Waals surface area contributed by atoms with Crippen molar-refractivity contribution in [1.29, 1.82) is 0 Å². The summed E-state index contributed by atoms with van der Waals surface area (Å²) in [6.07, 6.45) is 3.92. The maximum Gasteiger partial charge on any atom is 0.129 e. The number of nitrogens with one attached hydrogen (secondary N) is 1. The van der Waals surface area contributed by atoms with Crippen LogP contribution in [-0.4, -0.2) is 11.5 Å². The molecule has 1 atom stereocenters. The summed E-state index contributed by atoms with van der Waals surface area (Å²) < 4.78 is 26.6. The van der Waals surface area contributed by atoms with Crippen LogP contribution >= 0.6 is 0 Å². The van der Waals surface area contributed by atoms with Gasteiger partial charge in [0, 0.05) is 24.5 Å². The van der Waals surface area contributed by atoms with Crippen molar-refractivity contribution in [3.63, 3.8) is 0 Å². The number of nitrogens with zero attached hydrogens (tertiary/aromatic N) is 1. The Labute approximate surface area is 111 Å². The van der Waals surface area contributed by atoms with Gasteiger partial charge in [-0.3, -0.25) is 4.98 Å². The third-order valence-corrected chi connectivity index (χ3v) is 2.98. The van der Waals surface area contributed by atoms with Gasteiger partial charge in [-0.25, -0.2) is 8.78 Å². The molecule has 2 rings (SSSR count). The van der Waals surface area contributed by atoms with Crippen LogP contribution < -0.4 is 5.32 Å². The number of rotatable bonds is 5. The Balaban J connectivity index is 2.21. The van der Waals surface area contributed by atoms with Crippen molar-refractivity contribution >= 4 is 0 Å². The van der Waals surface area contributed by atoms with Crippen LogP contribution in [0.3, 0.4) is 0 Å².